The lowest BCUT2D eigenvalue weighted by molar-refractivity contribution is 0.193. The van der Waals surface area contributed by atoms with Gasteiger partial charge in [-0.25, -0.2) is 18.9 Å². The number of aromatic nitrogens is 3. The summed E-state index contributed by atoms with van der Waals surface area (Å²) in [5.74, 6) is -0.239. The first kappa shape index (κ1) is 19.1. The molecule has 1 atom stereocenters. The average molecular weight is 393 g/mol. The van der Waals surface area contributed by atoms with Crippen molar-refractivity contribution < 1.29 is 9.18 Å². The molecule has 7 heteroatoms. The number of halogens is 1. The first-order valence-corrected chi connectivity index (χ1v) is 9.70. The third-order valence-corrected chi connectivity index (χ3v) is 5.85. The number of benzene rings is 2. The van der Waals surface area contributed by atoms with Gasteiger partial charge in [-0.05, 0) is 55.2 Å². The monoisotopic (exact) mass is 393 g/mol. The lowest BCUT2D eigenvalue weighted by Gasteiger charge is -2.27. The molecule has 1 aromatic heterocycles. The number of rotatable bonds is 6. The molecule has 1 N–H and O–H groups in total. The highest BCUT2D eigenvalue weighted by atomic mass is 19.1. The number of carbonyl (C=O) groups excluding carboxylic acids is 1. The number of amides is 2. The fourth-order valence-corrected chi connectivity index (χ4v) is 3.54. The Morgan fingerprint density at radius 2 is 1.90 bits per heavy atom. The molecule has 1 aliphatic carbocycles. The Hall–Kier alpha value is -3.22. The fourth-order valence-electron chi connectivity index (χ4n) is 3.54. The molecule has 2 aromatic carbocycles. The SMILES string of the molecule is CC(c1ccc(-n2cncn2)cc1)N(C)C(=O)NCC1(c2ccc(F)cc2)CC1. The Morgan fingerprint density at radius 3 is 2.48 bits per heavy atom. The van der Waals surface area contributed by atoms with Gasteiger partial charge in [0, 0.05) is 19.0 Å². The van der Waals surface area contributed by atoms with Crippen molar-refractivity contribution in [2.24, 2.45) is 0 Å². The maximum absolute atomic E-state index is 13.2. The van der Waals surface area contributed by atoms with E-state index in [2.05, 4.69) is 15.4 Å². The smallest absolute Gasteiger partial charge is 0.317 e. The zero-order chi connectivity index (χ0) is 20.4. The minimum atomic E-state index is -0.239. The Morgan fingerprint density at radius 1 is 1.21 bits per heavy atom. The van der Waals surface area contributed by atoms with Crippen LogP contribution in [0.3, 0.4) is 0 Å². The molecule has 0 spiro atoms. The van der Waals surface area contributed by atoms with E-state index in [0.717, 1.165) is 29.7 Å². The van der Waals surface area contributed by atoms with E-state index in [9.17, 15) is 9.18 Å². The lowest BCUT2D eigenvalue weighted by atomic mass is 9.96. The maximum atomic E-state index is 13.2. The molecule has 1 heterocycles. The average Bonchev–Trinajstić information content (AvgIpc) is 3.34. The Labute approximate surface area is 169 Å². The summed E-state index contributed by atoms with van der Waals surface area (Å²) in [4.78, 5) is 18.4. The number of urea groups is 1. The molecular weight excluding hydrogens is 369 g/mol. The van der Waals surface area contributed by atoms with Crippen LogP contribution in [0.25, 0.3) is 5.69 Å². The van der Waals surface area contributed by atoms with Crippen molar-refractivity contribution in [3.63, 3.8) is 0 Å². The first-order valence-electron chi connectivity index (χ1n) is 9.70. The minimum absolute atomic E-state index is 0.0626. The van der Waals surface area contributed by atoms with Gasteiger partial charge in [-0.15, -0.1) is 0 Å². The quantitative estimate of drug-likeness (QED) is 0.692. The number of nitrogens with one attached hydrogen (secondary N) is 1. The zero-order valence-electron chi connectivity index (χ0n) is 16.5. The van der Waals surface area contributed by atoms with Crippen LogP contribution < -0.4 is 5.32 Å². The third-order valence-electron chi connectivity index (χ3n) is 5.85. The molecule has 2 amide bonds. The van der Waals surface area contributed by atoms with E-state index in [4.69, 9.17) is 0 Å². The number of carbonyl (C=O) groups is 1. The summed E-state index contributed by atoms with van der Waals surface area (Å²) in [6.45, 7) is 2.55. The van der Waals surface area contributed by atoms with Gasteiger partial charge in [0.25, 0.3) is 0 Å². The van der Waals surface area contributed by atoms with Crippen molar-refractivity contribution in [2.45, 2.75) is 31.2 Å². The molecule has 1 saturated carbocycles. The second-order valence-corrected chi connectivity index (χ2v) is 7.66. The van der Waals surface area contributed by atoms with Gasteiger partial charge >= 0.3 is 6.03 Å². The summed E-state index contributed by atoms with van der Waals surface area (Å²) < 4.78 is 14.9. The summed E-state index contributed by atoms with van der Waals surface area (Å²) in [5, 5.41) is 7.17. The second kappa shape index (κ2) is 7.66. The van der Waals surface area contributed by atoms with E-state index >= 15 is 0 Å². The molecule has 1 fully saturated rings. The van der Waals surface area contributed by atoms with Crippen LogP contribution in [0, 0.1) is 5.82 Å². The normalized spacial score (nSPS) is 15.6. The molecule has 0 saturated heterocycles. The zero-order valence-corrected chi connectivity index (χ0v) is 16.5. The first-order chi connectivity index (χ1) is 14.0. The summed E-state index contributed by atoms with van der Waals surface area (Å²) in [6.07, 6.45) is 5.14. The highest BCUT2D eigenvalue weighted by Crippen LogP contribution is 2.47. The van der Waals surface area contributed by atoms with Crippen molar-refractivity contribution >= 4 is 6.03 Å². The minimum Gasteiger partial charge on any atom is -0.337 e. The predicted octanol–water partition coefficient (Wildman–Crippen LogP) is 3.84. The maximum Gasteiger partial charge on any atom is 0.317 e. The molecule has 0 bridgehead atoms. The summed E-state index contributed by atoms with van der Waals surface area (Å²) in [6, 6.07) is 14.3. The van der Waals surface area contributed by atoms with Gasteiger partial charge in [0.1, 0.15) is 18.5 Å². The van der Waals surface area contributed by atoms with E-state index in [-0.39, 0.29) is 23.3 Å². The lowest BCUT2D eigenvalue weighted by Crippen LogP contribution is -2.42. The molecule has 1 unspecified atom stereocenters. The van der Waals surface area contributed by atoms with Crippen LogP contribution in [0.5, 0.6) is 0 Å². The van der Waals surface area contributed by atoms with Crippen LogP contribution in [0.1, 0.15) is 36.9 Å². The molecule has 4 rings (SSSR count). The largest absolute Gasteiger partial charge is 0.337 e. The van der Waals surface area contributed by atoms with Crippen molar-refractivity contribution in [3.8, 4) is 5.69 Å². The van der Waals surface area contributed by atoms with E-state index in [1.54, 1.807) is 23.0 Å². The highest BCUT2D eigenvalue weighted by molar-refractivity contribution is 5.74. The van der Waals surface area contributed by atoms with Gasteiger partial charge in [-0.2, -0.15) is 5.10 Å². The second-order valence-electron chi connectivity index (χ2n) is 7.66. The molecule has 29 heavy (non-hydrogen) atoms. The molecule has 0 aliphatic heterocycles. The summed E-state index contributed by atoms with van der Waals surface area (Å²) in [7, 11) is 1.79. The molecule has 150 valence electrons. The topological polar surface area (TPSA) is 63.1 Å². The van der Waals surface area contributed by atoms with Crippen LogP contribution >= 0.6 is 0 Å². The van der Waals surface area contributed by atoms with Gasteiger partial charge in [0.15, 0.2) is 0 Å². The van der Waals surface area contributed by atoms with Crippen molar-refractivity contribution in [1.29, 1.82) is 0 Å². The highest BCUT2D eigenvalue weighted by Gasteiger charge is 2.44. The fraction of sp³-hybridized carbons (Fsp3) is 0.318. The van der Waals surface area contributed by atoms with Gasteiger partial charge in [-0.3, -0.25) is 0 Å². The predicted molar refractivity (Wildman–Crippen MR) is 108 cm³/mol. The van der Waals surface area contributed by atoms with Crippen LogP contribution in [-0.2, 0) is 5.41 Å². The van der Waals surface area contributed by atoms with Crippen LogP contribution in [0.15, 0.2) is 61.2 Å². The number of hydrogen-bond donors (Lipinski definition) is 1. The molecular formula is C22H24FN5O. The third kappa shape index (κ3) is 3.99. The van der Waals surface area contributed by atoms with Crippen molar-refractivity contribution in [1.82, 2.24) is 25.0 Å². The van der Waals surface area contributed by atoms with Crippen molar-refractivity contribution in [3.05, 3.63) is 78.1 Å². The van der Waals surface area contributed by atoms with E-state index < -0.39 is 0 Å². The van der Waals surface area contributed by atoms with Gasteiger partial charge < -0.3 is 10.2 Å². The van der Waals surface area contributed by atoms with E-state index in [1.807, 2.05) is 43.3 Å². The molecule has 0 radical (unpaired) electrons. The van der Waals surface area contributed by atoms with E-state index in [1.165, 1.54) is 18.5 Å². The summed E-state index contributed by atoms with van der Waals surface area (Å²) in [5.41, 5.74) is 2.97. The number of hydrogen-bond acceptors (Lipinski definition) is 3. The van der Waals surface area contributed by atoms with Crippen LogP contribution in [0.4, 0.5) is 9.18 Å². The van der Waals surface area contributed by atoms with Crippen LogP contribution in [-0.4, -0.2) is 39.3 Å². The standard InChI is InChI=1S/C22H24FN5O/c1-16(17-3-9-20(10-4-17)28-15-24-14-26-28)27(2)21(29)25-13-22(11-12-22)18-5-7-19(23)8-6-18/h3-10,14-16H,11-13H2,1-2H3,(H,25,29). The van der Waals surface area contributed by atoms with Gasteiger partial charge in [0.05, 0.1) is 11.7 Å². The summed E-state index contributed by atoms with van der Waals surface area (Å²) >= 11 is 0. The Balaban J connectivity index is 1.37. The van der Waals surface area contributed by atoms with Crippen molar-refractivity contribution in [2.75, 3.05) is 13.6 Å². The Bertz CT molecular complexity index is 965. The van der Waals surface area contributed by atoms with Gasteiger partial charge in [0.2, 0.25) is 0 Å². The molecule has 3 aromatic rings. The Kier molecular flexibility index (Phi) is 5.05. The number of nitrogens with zero attached hydrogens (tertiary/aromatic N) is 4. The van der Waals surface area contributed by atoms with Gasteiger partial charge in [-0.1, -0.05) is 24.3 Å². The molecule has 1 aliphatic rings. The molecule has 6 nitrogen and oxygen atoms in total. The van der Waals surface area contributed by atoms with E-state index in [0.29, 0.717) is 6.54 Å². The van der Waals surface area contributed by atoms with Crippen LogP contribution in [0.2, 0.25) is 0 Å².